The Morgan fingerprint density at radius 3 is 0.842 bits per heavy atom. The Labute approximate surface area is 588 Å². The second kappa shape index (κ2) is 24.7. The lowest BCUT2D eigenvalue weighted by Crippen LogP contribution is -2.42. The van der Waals surface area contributed by atoms with Crippen molar-refractivity contribution in [3.8, 4) is 56.6 Å². The molecule has 0 spiro atoms. The first-order chi connectivity index (χ1) is 43.5. The number of aromatic hydroxyl groups is 2. The Kier molecular flexibility index (Phi) is 18.7. The fraction of sp³-hybridized carbons (Fsp3) is 0.429. The van der Waals surface area contributed by atoms with Gasteiger partial charge >= 0.3 is 0 Å². The summed E-state index contributed by atoms with van der Waals surface area (Å²) in [6, 6.07) is 42.3. The molecule has 10 rings (SSSR count). The van der Waals surface area contributed by atoms with Crippen LogP contribution in [0.15, 0.2) is 121 Å². The Morgan fingerprint density at radius 1 is 0.358 bits per heavy atom. The average molecular weight is 1370 g/mol. The zero-order valence-corrected chi connectivity index (χ0v) is 65.0. The second-order valence-electron chi connectivity index (χ2n) is 35.9. The molecule has 10 aromatic rings. The van der Waals surface area contributed by atoms with Crippen LogP contribution in [0.25, 0.3) is 77.2 Å². The fourth-order valence-corrected chi connectivity index (χ4v) is 16.9. The first-order valence-corrected chi connectivity index (χ1v) is 38.6. The van der Waals surface area contributed by atoms with Crippen LogP contribution in [0.2, 0.25) is 33.2 Å². The van der Waals surface area contributed by atoms with E-state index in [2.05, 4.69) is 259 Å². The van der Waals surface area contributed by atoms with E-state index >= 15 is 0 Å². The van der Waals surface area contributed by atoms with Crippen molar-refractivity contribution in [1.82, 2.24) is 9.13 Å². The molecule has 6 nitrogen and oxygen atoms in total. The van der Waals surface area contributed by atoms with Crippen LogP contribution in [0.5, 0.6) is 23.0 Å². The molecule has 2 aromatic heterocycles. The van der Waals surface area contributed by atoms with Crippen LogP contribution in [-0.4, -0.2) is 39.9 Å². The Bertz CT molecular complexity index is 4180. The van der Waals surface area contributed by atoms with Crippen molar-refractivity contribution in [2.75, 3.05) is 12.5 Å². The van der Waals surface area contributed by atoms with E-state index in [0.29, 0.717) is 77.7 Å². The van der Waals surface area contributed by atoms with Gasteiger partial charge in [-0.1, -0.05) is 236 Å². The van der Waals surface area contributed by atoms with E-state index in [9.17, 15) is 10.2 Å². The fourth-order valence-electron chi connectivity index (χ4n) is 14.7. The van der Waals surface area contributed by atoms with Crippen LogP contribution in [0.4, 0.5) is 0 Å². The predicted molar refractivity (Wildman–Crippen MR) is 413 cm³/mol. The summed E-state index contributed by atoms with van der Waals surface area (Å²) in [4.78, 5) is 0. The molecule has 0 aliphatic carbocycles. The molecule has 11 heteroatoms. The van der Waals surface area contributed by atoms with E-state index in [1.165, 1.54) is 22.3 Å². The van der Waals surface area contributed by atoms with Gasteiger partial charge in [0.05, 0.1) is 34.5 Å². The molecule has 8 aromatic carbocycles. The molecule has 0 unspecified atom stereocenters. The van der Waals surface area contributed by atoms with Crippen molar-refractivity contribution in [2.45, 2.75) is 211 Å². The number of nitrogens with zero attached hydrogens (tertiary/aromatic N) is 2. The van der Waals surface area contributed by atoms with Gasteiger partial charge in [-0.15, -0.1) is 0 Å². The predicted octanol–water partition coefficient (Wildman–Crippen LogP) is 26.1. The third-order valence-corrected chi connectivity index (χ3v) is 21.6. The summed E-state index contributed by atoms with van der Waals surface area (Å²) < 4.78 is 20.0. The maximum Gasteiger partial charge on any atom is 0.151 e. The summed E-state index contributed by atoms with van der Waals surface area (Å²) in [5, 5.41) is 33.5. The Morgan fingerprint density at radius 2 is 0.611 bits per heavy atom. The van der Waals surface area contributed by atoms with Crippen molar-refractivity contribution in [1.29, 1.82) is 0 Å². The molecule has 0 saturated carbocycles. The molecule has 2 heterocycles. The smallest absolute Gasteiger partial charge is 0.151 e. The molecule has 0 aliphatic rings. The SMILES string of the molecule is CC(C)(C)CC(C)(C)c1cc(-c2cc(Cl)cc(Cl)c2)c(O)c(-n2c3ccc(C(C)(C)C)cc3c3cc(C(C)(C)C)ccc32)c1OC[Si](C)(C)COc1c(C(C)(C)CC(C)(C)C)cc(-c2cc(Cl)cc(Cl)c2)c(O)c1-n1c2ccc(C(C)(C)C)cc2c2cc(C(C)(C)C)ccc21. The monoisotopic (exact) mass is 1370 g/mol. The van der Waals surface area contributed by atoms with E-state index in [4.69, 9.17) is 55.9 Å². The molecular weight excluding hydrogens is 1270 g/mol. The molecule has 0 amide bonds. The normalized spacial score (nSPS) is 13.5. The zero-order valence-electron chi connectivity index (χ0n) is 61.0. The lowest BCUT2D eigenvalue weighted by Gasteiger charge is -2.37. The van der Waals surface area contributed by atoms with Crippen LogP contribution < -0.4 is 9.47 Å². The van der Waals surface area contributed by atoms with Crippen molar-refractivity contribution in [3.05, 3.63) is 175 Å². The maximum atomic E-state index is 13.7. The van der Waals surface area contributed by atoms with Gasteiger partial charge in [0.25, 0.3) is 0 Å². The van der Waals surface area contributed by atoms with Gasteiger partial charge < -0.3 is 28.8 Å². The molecule has 0 bridgehead atoms. The number of rotatable bonds is 14. The lowest BCUT2D eigenvalue weighted by molar-refractivity contribution is 0.270. The first kappa shape index (κ1) is 71.7. The van der Waals surface area contributed by atoms with Gasteiger partial charge in [-0.2, -0.15) is 0 Å². The summed E-state index contributed by atoms with van der Waals surface area (Å²) in [7, 11) is -2.79. The van der Waals surface area contributed by atoms with Crippen LogP contribution in [0.3, 0.4) is 0 Å². The molecule has 95 heavy (non-hydrogen) atoms. The molecule has 0 atom stereocenters. The van der Waals surface area contributed by atoms with Gasteiger partial charge in [-0.05, 0) is 187 Å². The van der Waals surface area contributed by atoms with Gasteiger partial charge in [0.1, 0.15) is 30.9 Å². The van der Waals surface area contributed by atoms with Crippen LogP contribution in [0.1, 0.15) is 199 Å². The Balaban J connectivity index is 1.25. The summed E-state index contributed by atoms with van der Waals surface area (Å²) in [5.74, 6) is 1.28. The third kappa shape index (κ3) is 14.7. The number of benzene rings is 8. The highest BCUT2D eigenvalue weighted by molar-refractivity contribution is 6.77. The number of halogens is 4. The number of fused-ring (bicyclic) bond motifs is 6. The number of hydrogen-bond acceptors (Lipinski definition) is 4. The topological polar surface area (TPSA) is 68.8 Å². The van der Waals surface area contributed by atoms with Gasteiger partial charge in [0.15, 0.2) is 11.5 Å². The quantitative estimate of drug-likeness (QED) is 0.106. The minimum atomic E-state index is -2.79. The Hall–Kier alpha value is -6.06. The number of phenols is 2. The molecule has 504 valence electrons. The minimum absolute atomic E-state index is 0.0466. The standard InChI is InChI=1S/C84H102Cl4N2O4Si/c1-77(2,3)45-83(19,20)65-43-59(49-33-55(85)41-56(86)34-49)73(91)71(89-67-29-25-51(79(7,8)9)37-61(67)62-38-52(80(10,11)12)26-30-68(62)89)75(65)93-47-95(23,24)48-94-76-66(84(21,22)46-78(4,5)6)44-60(50-35-57(87)42-58(88)36-50)74(92)72(76)90-69-31-27-53(81(13,14)15)39-63(69)64-40-54(82(16,17)18)28-32-70(64)90/h25-44,91-92H,45-48H2,1-24H3. The number of phenolic OH excluding ortho intramolecular Hbond substituents is 2. The summed E-state index contributed by atoms with van der Waals surface area (Å²) >= 11 is 27.6. The average Bonchev–Trinajstić information content (AvgIpc) is 1.62. The van der Waals surface area contributed by atoms with Crippen molar-refractivity contribution >= 4 is 98.1 Å². The van der Waals surface area contributed by atoms with Gasteiger partial charge in [0.2, 0.25) is 0 Å². The number of aromatic nitrogens is 2. The van der Waals surface area contributed by atoms with E-state index < -0.39 is 18.9 Å². The van der Waals surface area contributed by atoms with Crippen LogP contribution >= 0.6 is 46.4 Å². The summed E-state index contributed by atoms with van der Waals surface area (Å²) in [6.45, 7) is 54.5. The summed E-state index contributed by atoms with van der Waals surface area (Å²) in [6.07, 6.45) is 2.15. The van der Waals surface area contributed by atoms with Crippen molar-refractivity contribution in [3.63, 3.8) is 0 Å². The van der Waals surface area contributed by atoms with Gasteiger partial charge in [0, 0.05) is 63.9 Å². The van der Waals surface area contributed by atoms with Crippen molar-refractivity contribution in [2.24, 2.45) is 10.8 Å². The molecule has 0 fully saturated rings. The highest BCUT2D eigenvalue weighted by atomic mass is 35.5. The van der Waals surface area contributed by atoms with Gasteiger partial charge in [-0.25, -0.2) is 0 Å². The third-order valence-electron chi connectivity index (χ3n) is 18.9. The number of ether oxygens (including phenoxy) is 2. The zero-order chi connectivity index (χ0) is 70.2. The van der Waals surface area contributed by atoms with Gasteiger partial charge in [-0.3, -0.25) is 0 Å². The van der Waals surface area contributed by atoms with E-state index in [1.807, 2.05) is 24.3 Å². The molecule has 0 saturated heterocycles. The molecule has 0 radical (unpaired) electrons. The molecular formula is C84H102Cl4N2O4Si. The van der Waals surface area contributed by atoms with Crippen LogP contribution in [-0.2, 0) is 32.5 Å². The summed E-state index contributed by atoms with van der Waals surface area (Å²) in [5.41, 5.74) is 12.3. The number of hydrogen-bond donors (Lipinski definition) is 2. The highest BCUT2D eigenvalue weighted by Crippen LogP contribution is 2.55. The maximum absolute atomic E-state index is 13.7. The second-order valence-corrected chi connectivity index (χ2v) is 42.5. The first-order valence-electron chi connectivity index (χ1n) is 33.7. The lowest BCUT2D eigenvalue weighted by atomic mass is 9.71. The highest BCUT2D eigenvalue weighted by Gasteiger charge is 2.40. The van der Waals surface area contributed by atoms with Crippen molar-refractivity contribution < 1.29 is 19.7 Å². The van der Waals surface area contributed by atoms with Crippen LogP contribution in [0, 0.1) is 10.8 Å². The molecule has 2 N–H and O–H groups in total. The van der Waals surface area contributed by atoms with E-state index in [-0.39, 0.29) is 44.0 Å². The molecule has 0 aliphatic heterocycles. The largest absolute Gasteiger partial charge is 0.505 e. The minimum Gasteiger partial charge on any atom is -0.505 e. The van der Waals surface area contributed by atoms with E-state index in [1.54, 1.807) is 12.1 Å². The van der Waals surface area contributed by atoms with E-state index in [0.717, 1.165) is 67.6 Å².